The van der Waals surface area contributed by atoms with Gasteiger partial charge in [-0.25, -0.2) is 0 Å². The smallest absolute Gasteiger partial charge is 0.261 e. The largest absolute Gasteiger partial charge is 0.342 e. The summed E-state index contributed by atoms with van der Waals surface area (Å²) in [5, 5.41) is 0. The van der Waals surface area contributed by atoms with Gasteiger partial charge in [-0.3, -0.25) is 19.3 Å². The zero-order valence-corrected chi connectivity index (χ0v) is 15.1. The lowest BCUT2D eigenvalue weighted by molar-refractivity contribution is -0.131. The molecule has 2 heterocycles. The fourth-order valence-electron chi connectivity index (χ4n) is 3.73. The van der Waals surface area contributed by atoms with E-state index in [0.717, 1.165) is 25.1 Å². The molecule has 0 bridgehead atoms. The molecule has 5 nitrogen and oxygen atoms in total. The second-order valence-electron chi connectivity index (χ2n) is 7.36. The van der Waals surface area contributed by atoms with E-state index < -0.39 is 0 Å². The van der Waals surface area contributed by atoms with E-state index in [9.17, 15) is 14.4 Å². The maximum absolute atomic E-state index is 12.4. The number of rotatable bonds is 4. The highest BCUT2D eigenvalue weighted by atomic mass is 16.2. The van der Waals surface area contributed by atoms with Gasteiger partial charge in [0.15, 0.2) is 0 Å². The van der Waals surface area contributed by atoms with Crippen LogP contribution in [0.3, 0.4) is 0 Å². The van der Waals surface area contributed by atoms with E-state index in [1.165, 1.54) is 17.7 Å². The van der Waals surface area contributed by atoms with Crippen LogP contribution in [0, 0.1) is 12.8 Å². The summed E-state index contributed by atoms with van der Waals surface area (Å²) in [7, 11) is 0. The summed E-state index contributed by atoms with van der Waals surface area (Å²) in [6.45, 7) is 6.05. The molecule has 2 aliphatic heterocycles. The van der Waals surface area contributed by atoms with Crippen LogP contribution < -0.4 is 0 Å². The van der Waals surface area contributed by atoms with Crippen molar-refractivity contribution in [3.8, 4) is 0 Å². The number of fused-ring (bicyclic) bond motifs is 1. The first kappa shape index (κ1) is 17.6. The van der Waals surface area contributed by atoms with Gasteiger partial charge in [0, 0.05) is 26.1 Å². The Morgan fingerprint density at radius 1 is 1.16 bits per heavy atom. The lowest BCUT2D eigenvalue weighted by Crippen LogP contribution is -2.35. The Morgan fingerprint density at radius 3 is 2.72 bits per heavy atom. The van der Waals surface area contributed by atoms with Gasteiger partial charge in [-0.05, 0) is 44.2 Å². The second-order valence-corrected chi connectivity index (χ2v) is 7.36. The lowest BCUT2D eigenvalue weighted by Gasteiger charge is -2.23. The van der Waals surface area contributed by atoms with E-state index in [0.29, 0.717) is 36.4 Å². The highest BCUT2D eigenvalue weighted by Gasteiger charge is 2.35. The molecule has 0 spiro atoms. The standard InChI is InChI=1S/C20H26N2O3/c1-14-8-9-16-17(12-14)20(25)22(19(16)24)11-5-7-18(23)21-10-4-3-6-15(2)13-21/h8-9,12,15H,3-7,10-11,13H2,1-2H3/t15-/m0/s1. The van der Waals surface area contributed by atoms with Crippen molar-refractivity contribution in [2.75, 3.05) is 19.6 Å². The van der Waals surface area contributed by atoms with Crippen molar-refractivity contribution in [2.24, 2.45) is 5.92 Å². The molecule has 0 saturated carbocycles. The minimum absolute atomic E-state index is 0.140. The molecule has 0 radical (unpaired) electrons. The third-order valence-electron chi connectivity index (χ3n) is 5.16. The van der Waals surface area contributed by atoms with Gasteiger partial charge in [0.25, 0.3) is 11.8 Å². The topological polar surface area (TPSA) is 57.7 Å². The Hall–Kier alpha value is -2.17. The molecule has 3 rings (SSSR count). The monoisotopic (exact) mass is 342 g/mol. The van der Waals surface area contributed by atoms with Crippen LogP contribution in [0.5, 0.6) is 0 Å². The molecule has 3 amide bonds. The molecule has 0 aliphatic carbocycles. The third-order valence-corrected chi connectivity index (χ3v) is 5.16. The highest BCUT2D eigenvalue weighted by molar-refractivity contribution is 6.21. The first-order valence-electron chi connectivity index (χ1n) is 9.22. The number of benzene rings is 1. The number of amides is 3. The van der Waals surface area contributed by atoms with Crippen LogP contribution in [0.4, 0.5) is 0 Å². The van der Waals surface area contributed by atoms with Gasteiger partial charge >= 0.3 is 0 Å². The zero-order valence-electron chi connectivity index (χ0n) is 15.1. The molecule has 1 aromatic rings. The van der Waals surface area contributed by atoms with E-state index in [1.807, 2.05) is 17.9 Å². The predicted molar refractivity (Wildman–Crippen MR) is 95.4 cm³/mol. The van der Waals surface area contributed by atoms with Gasteiger partial charge in [-0.15, -0.1) is 0 Å². The molecule has 5 heteroatoms. The maximum atomic E-state index is 12.4. The van der Waals surface area contributed by atoms with Crippen LogP contribution in [0.15, 0.2) is 18.2 Å². The van der Waals surface area contributed by atoms with E-state index in [2.05, 4.69) is 6.92 Å². The van der Waals surface area contributed by atoms with Gasteiger partial charge in [-0.1, -0.05) is 25.0 Å². The second kappa shape index (κ2) is 7.38. The van der Waals surface area contributed by atoms with Crippen molar-refractivity contribution in [1.29, 1.82) is 0 Å². The number of aryl methyl sites for hydroxylation is 1. The predicted octanol–water partition coefficient (Wildman–Crippen LogP) is 3.02. The van der Waals surface area contributed by atoms with E-state index >= 15 is 0 Å². The van der Waals surface area contributed by atoms with Crippen LogP contribution in [0.2, 0.25) is 0 Å². The molecular weight excluding hydrogens is 316 g/mol. The summed E-state index contributed by atoms with van der Waals surface area (Å²) in [5.74, 6) is 0.211. The molecule has 134 valence electrons. The molecule has 1 fully saturated rings. The van der Waals surface area contributed by atoms with E-state index in [4.69, 9.17) is 0 Å². The Morgan fingerprint density at radius 2 is 1.92 bits per heavy atom. The molecule has 1 saturated heterocycles. The molecular formula is C20H26N2O3. The normalized spacial score (nSPS) is 20.6. The Balaban J connectivity index is 1.55. The molecule has 0 aromatic heterocycles. The van der Waals surface area contributed by atoms with Crippen molar-refractivity contribution in [2.45, 2.75) is 46.0 Å². The number of carbonyl (C=O) groups is 3. The quantitative estimate of drug-likeness (QED) is 0.790. The summed E-state index contributed by atoms with van der Waals surface area (Å²) in [6, 6.07) is 5.32. The van der Waals surface area contributed by atoms with Crippen molar-refractivity contribution in [3.05, 3.63) is 34.9 Å². The lowest BCUT2D eigenvalue weighted by atomic mass is 10.1. The zero-order chi connectivity index (χ0) is 18.0. The number of likely N-dealkylation sites (tertiary alicyclic amines) is 1. The molecule has 2 aliphatic rings. The minimum Gasteiger partial charge on any atom is -0.342 e. The SMILES string of the molecule is Cc1ccc2c(c1)C(=O)N(CCCC(=O)N1CCCC[C@H](C)C1)C2=O. The summed E-state index contributed by atoms with van der Waals surface area (Å²) >= 11 is 0. The highest BCUT2D eigenvalue weighted by Crippen LogP contribution is 2.24. The number of nitrogens with zero attached hydrogens (tertiary/aromatic N) is 2. The van der Waals surface area contributed by atoms with E-state index in [1.54, 1.807) is 12.1 Å². The van der Waals surface area contributed by atoms with Gasteiger partial charge in [0.2, 0.25) is 5.91 Å². The Bertz CT molecular complexity index is 698. The summed E-state index contributed by atoms with van der Waals surface area (Å²) in [5.41, 5.74) is 1.92. The molecule has 0 unspecified atom stereocenters. The fraction of sp³-hybridized carbons (Fsp3) is 0.550. The van der Waals surface area contributed by atoms with Crippen LogP contribution in [-0.4, -0.2) is 47.2 Å². The average Bonchev–Trinajstić information content (AvgIpc) is 2.74. The average molecular weight is 342 g/mol. The van der Waals surface area contributed by atoms with Crippen molar-refractivity contribution in [1.82, 2.24) is 9.80 Å². The number of hydrogen-bond acceptors (Lipinski definition) is 3. The van der Waals surface area contributed by atoms with Crippen molar-refractivity contribution in [3.63, 3.8) is 0 Å². The van der Waals surface area contributed by atoms with Gasteiger partial charge < -0.3 is 4.90 Å². The van der Waals surface area contributed by atoms with E-state index in [-0.39, 0.29) is 17.7 Å². The first-order chi connectivity index (χ1) is 12.0. The minimum atomic E-state index is -0.240. The first-order valence-corrected chi connectivity index (χ1v) is 9.22. The number of imide groups is 1. The van der Waals surface area contributed by atoms with Gasteiger partial charge in [0.1, 0.15) is 0 Å². The summed E-state index contributed by atoms with van der Waals surface area (Å²) < 4.78 is 0. The molecule has 1 aromatic carbocycles. The van der Waals surface area contributed by atoms with Crippen molar-refractivity contribution < 1.29 is 14.4 Å². The molecule has 0 N–H and O–H groups in total. The van der Waals surface area contributed by atoms with Crippen LogP contribution in [0.1, 0.15) is 65.3 Å². The number of carbonyl (C=O) groups excluding carboxylic acids is 3. The van der Waals surface area contributed by atoms with Crippen LogP contribution in [0.25, 0.3) is 0 Å². The maximum Gasteiger partial charge on any atom is 0.261 e. The fourth-order valence-corrected chi connectivity index (χ4v) is 3.73. The van der Waals surface area contributed by atoms with Gasteiger partial charge in [0.05, 0.1) is 11.1 Å². The molecule has 25 heavy (non-hydrogen) atoms. The van der Waals surface area contributed by atoms with Crippen molar-refractivity contribution >= 4 is 17.7 Å². The van der Waals surface area contributed by atoms with Crippen LogP contribution in [-0.2, 0) is 4.79 Å². The Labute approximate surface area is 149 Å². The summed E-state index contributed by atoms with van der Waals surface area (Å²) in [6.07, 6.45) is 4.33. The Kier molecular flexibility index (Phi) is 5.21. The molecule has 1 atom stereocenters. The van der Waals surface area contributed by atoms with Crippen LogP contribution >= 0.6 is 0 Å². The van der Waals surface area contributed by atoms with Gasteiger partial charge in [-0.2, -0.15) is 0 Å². The number of hydrogen-bond donors (Lipinski definition) is 0. The summed E-state index contributed by atoms with van der Waals surface area (Å²) in [4.78, 5) is 40.5. The third kappa shape index (κ3) is 3.75.